The van der Waals surface area contributed by atoms with Crippen LogP contribution in [0.2, 0.25) is 0 Å². The van der Waals surface area contributed by atoms with E-state index in [9.17, 15) is 9.90 Å². The number of carbonyl (C=O) groups excluding carboxylic acids is 1. The SMILES string of the molecule is COc1cc(C(NCc2cccnc2)C(=O)NCc2cccnc2)ccc1O. The molecule has 0 saturated carbocycles. The third kappa shape index (κ3) is 5.05. The molecule has 1 atom stereocenters. The number of hydrogen-bond donors (Lipinski definition) is 3. The van der Waals surface area contributed by atoms with Crippen molar-refractivity contribution in [2.75, 3.05) is 7.11 Å². The molecule has 3 rings (SSSR count). The Morgan fingerprint density at radius 3 is 2.36 bits per heavy atom. The summed E-state index contributed by atoms with van der Waals surface area (Å²) >= 11 is 0. The van der Waals surface area contributed by atoms with Gasteiger partial charge in [0.25, 0.3) is 0 Å². The summed E-state index contributed by atoms with van der Waals surface area (Å²) in [5, 5.41) is 16.0. The number of rotatable bonds is 8. The van der Waals surface area contributed by atoms with Gasteiger partial charge in [-0.15, -0.1) is 0 Å². The van der Waals surface area contributed by atoms with Crippen LogP contribution in [0.15, 0.2) is 67.3 Å². The monoisotopic (exact) mass is 378 g/mol. The van der Waals surface area contributed by atoms with Crippen molar-refractivity contribution in [2.24, 2.45) is 0 Å². The van der Waals surface area contributed by atoms with Crippen LogP contribution in [0.5, 0.6) is 11.5 Å². The number of phenolic OH excluding ortho intramolecular Hbond substituents is 1. The summed E-state index contributed by atoms with van der Waals surface area (Å²) in [5.74, 6) is 0.138. The van der Waals surface area contributed by atoms with Crippen molar-refractivity contribution >= 4 is 5.91 Å². The van der Waals surface area contributed by atoms with E-state index in [1.807, 2.05) is 24.3 Å². The first kappa shape index (κ1) is 19.3. The Balaban J connectivity index is 1.77. The van der Waals surface area contributed by atoms with Crippen molar-refractivity contribution in [3.8, 4) is 11.5 Å². The molecule has 0 saturated heterocycles. The number of nitrogens with one attached hydrogen (secondary N) is 2. The lowest BCUT2D eigenvalue weighted by Crippen LogP contribution is -2.37. The van der Waals surface area contributed by atoms with E-state index in [1.165, 1.54) is 13.2 Å². The highest BCUT2D eigenvalue weighted by Gasteiger charge is 2.21. The predicted molar refractivity (Wildman–Crippen MR) is 105 cm³/mol. The topological polar surface area (TPSA) is 96.4 Å². The first-order valence-electron chi connectivity index (χ1n) is 8.83. The number of methoxy groups -OCH3 is 1. The van der Waals surface area contributed by atoms with Crippen molar-refractivity contribution in [3.05, 3.63) is 83.9 Å². The molecule has 3 N–H and O–H groups in total. The molecule has 0 fully saturated rings. The Bertz CT molecular complexity index is 904. The minimum absolute atomic E-state index is 0.0213. The van der Waals surface area contributed by atoms with E-state index < -0.39 is 6.04 Å². The second kappa shape index (κ2) is 9.48. The molecule has 1 unspecified atom stereocenters. The molecule has 28 heavy (non-hydrogen) atoms. The highest BCUT2D eigenvalue weighted by molar-refractivity contribution is 5.83. The largest absolute Gasteiger partial charge is 0.504 e. The van der Waals surface area contributed by atoms with Gasteiger partial charge < -0.3 is 15.2 Å². The fourth-order valence-corrected chi connectivity index (χ4v) is 2.75. The molecule has 0 spiro atoms. The van der Waals surface area contributed by atoms with Gasteiger partial charge in [0.05, 0.1) is 7.11 Å². The third-order valence-electron chi connectivity index (χ3n) is 4.22. The molecule has 0 aliphatic carbocycles. The molecule has 2 aromatic heterocycles. The van der Waals surface area contributed by atoms with Crippen molar-refractivity contribution in [2.45, 2.75) is 19.1 Å². The minimum Gasteiger partial charge on any atom is -0.504 e. The number of benzene rings is 1. The van der Waals surface area contributed by atoms with E-state index in [2.05, 4.69) is 20.6 Å². The molecule has 3 aromatic rings. The molecule has 7 nitrogen and oxygen atoms in total. The third-order valence-corrected chi connectivity index (χ3v) is 4.22. The van der Waals surface area contributed by atoms with Gasteiger partial charge in [0.15, 0.2) is 11.5 Å². The summed E-state index contributed by atoms with van der Waals surface area (Å²) in [6.45, 7) is 0.828. The van der Waals surface area contributed by atoms with E-state index in [4.69, 9.17) is 4.74 Å². The predicted octanol–water partition coefficient (Wildman–Crippen LogP) is 2.34. The molecule has 0 radical (unpaired) electrons. The summed E-state index contributed by atoms with van der Waals surface area (Å²) in [7, 11) is 1.47. The van der Waals surface area contributed by atoms with Crippen LogP contribution in [0.4, 0.5) is 0 Å². The number of nitrogens with zero attached hydrogens (tertiary/aromatic N) is 2. The molecule has 7 heteroatoms. The number of hydrogen-bond acceptors (Lipinski definition) is 6. The van der Waals surface area contributed by atoms with E-state index >= 15 is 0 Å². The Hall–Kier alpha value is -3.45. The van der Waals surface area contributed by atoms with Gasteiger partial charge in [-0.3, -0.25) is 20.1 Å². The fraction of sp³-hybridized carbons (Fsp3) is 0.190. The van der Waals surface area contributed by atoms with E-state index in [-0.39, 0.29) is 11.7 Å². The molecular weight excluding hydrogens is 356 g/mol. The number of pyridine rings is 2. The number of aromatic hydroxyl groups is 1. The lowest BCUT2D eigenvalue weighted by molar-refractivity contribution is -0.123. The molecular formula is C21H22N4O3. The van der Waals surface area contributed by atoms with Crippen LogP contribution in [-0.4, -0.2) is 28.1 Å². The van der Waals surface area contributed by atoms with Crippen molar-refractivity contribution < 1.29 is 14.6 Å². The summed E-state index contributed by atoms with van der Waals surface area (Å²) in [5.41, 5.74) is 2.55. The van der Waals surface area contributed by atoms with E-state index in [0.29, 0.717) is 24.4 Å². The van der Waals surface area contributed by atoms with Crippen LogP contribution < -0.4 is 15.4 Å². The Labute approximate surface area is 163 Å². The van der Waals surface area contributed by atoms with Crippen LogP contribution in [0, 0.1) is 0 Å². The van der Waals surface area contributed by atoms with Gasteiger partial charge in [-0.25, -0.2) is 0 Å². The van der Waals surface area contributed by atoms with Crippen molar-refractivity contribution in [3.63, 3.8) is 0 Å². The summed E-state index contributed by atoms with van der Waals surface area (Å²) in [6, 6.07) is 11.7. The number of amides is 1. The molecule has 2 heterocycles. The first-order valence-corrected chi connectivity index (χ1v) is 8.83. The maximum atomic E-state index is 12.9. The van der Waals surface area contributed by atoms with Crippen molar-refractivity contribution in [1.29, 1.82) is 0 Å². The second-order valence-electron chi connectivity index (χ2n) is 6.19. The van der Waals surface area contributed by atoms with Gasteiger partial charge in [0.1, 0.15) is 6.04 Å². The lowest BCUT2D eigenvalue weighted by atomic mass is 10.0. The van der Waals surface area contributed by atoms with Gasteiger partial charge in [-0.1, -0.05) is 18.2 Å². The highest BCUT2D eigenvalue weighted by atomic mass is 16.5. The molecule has 0 bridgehead atoms. The summed E-state index contributed by atoms with van der Waals surface area (Å²) in [6.07, 6.45) is 6.84. The highest BCUT2D eigenvalue weighted by Crippen LogP contribution is 2.29. The number of phenols is 1. The average Bonchev–Trinajstić information content (AvgIpc) is 2.75. The number of carbonyl (C=O) groups is 1. The Morgan fingerprint density at radius 1 is 1.07 bits per heavy atom. The lowest BCUT2D eigenvalue weighted by Gasteiger charge is -2.20. The quantitative estimate of drug-likeness (QED) is 0.557. The summed E-state index contributed by atoms with van der Waals surface area (Å²) < 4.78 is 5.18. The second-order valence-corrected chi connectivity index (χ2v) is 6.19. The first-order chi connectivity index (χ1) is 13.7. The average molecular weight is 378 g/mol. The van der Waals surface area contributed by atoms with Crippen LogP contribution in [0.3, 0.4) is 0 Å². The van der Waals surface area contributed by atoms with Gasteiger partial charge in [0, 0.05) is 37.9 Å². The van der Waals surface area contributed by atoms with Crippen molar-refractivity contribution in [1.82, 2.24) is 20.6 Å². The molecule has 1 aromatic carbocycles. The molecule has 0 aliphatic rings. The normalized spacial score (nSPS) is 11.6. The zero-order valence-electron chi connectivity index (χ0n) is 15.5. The number of ether oxygens (including phenoxy) is 1. The van der Waals surface area contributed by atoms with Gasteiger partial charge in [-0.2, -0.15) is 0 Å². The zero-order chi connectivity index (χ0) is 19.8. The van der Waals surface area contributed by atoms with Crippen LogP contribution in [0.1, 0.15) is 22.7 Å². The van der Waals surface area contributed by atoms with Gasteiger partial charge in [0.2, 0.25) is 5.91 Å². The zero-order valence-corrected chi connectivity index (χ0v) is 15.5. The Kier molecular flexibility index (Phi) is 6.54. The maximum absolute atomic E-state index is 12.9. The van der Waals surface area contributed by atoms with Crippen LogP contribution in [0.25, 0.3) is 0 Å². The maximum Gasteiger partial charge on any atom is 0.242 e. The molecule has 144 valence electrons. The smallest absolute Gasteiger partial charge is 0.242 e. The Morgan fingerprint density at radius 2 is 1.75 bits per heavy atom. The number of aromatic nitrogens is 2. The fourth-order valence-electron chi connectivity index (χ4n) is 2.75. The molecule has 0 aliphatic heterocycles. The van der Waals surface area contributed by atoms with Crippen LogP contribution >= 0.6 is 0 Å². The minimum atomic E-state index is -0.633. The van der Waals surface area contributed by atoms with Gasteiger partial charge in [-0.05, 0) is 41.0 Å². The van der Waals surface area contributed by atoms with E-state index in [0.717, 1.165) is 11.1 Å². The van der Waals surface area contributed by atoms with E-state index in [1.54, 1.807) is 36.9 Å². The standard InChI is InChI=1S/C21H22N4O3/c1-28-19-10-17(6-7-18(19)26)20(24-13-15-4-2-8-22-11-15)21(27)25-14-16-5-3-9-23-12-16/h2-12,20,24,26H,13-14H2,1H3,(H,25,27). The molecule has 1 amide bonds. The van der Waals surface area contributed by atoms with Gasteiger partial charge >= 0.3 is 0 Å². The summed E-state index contributed by atoms with van der Waals surface area (Å²) in [4.78, 5) is 21.1. The van der Waals surface area contributed by atoms with Crippen LogP contribution in [-0.2, 0) is 17.9 Å².